The van der Waals surface area contributed by atoms with E-state index in [0.717, 1.165) is 5.56 Å². The Kier molecular flexibility index (Phi) is 5.18. The quantitative estimate of drug-likeness (QED) is 0.893. The third-order valence-corrected chi connectivity index (χ3v) is 4.58. The zero-order valence-electron chi connectivity index (χ0n) is 15.3. The highest BCUT2D eigenvalue weighted by Crippen LogP contribution is 2.36. The number of alkyl carbamates (subject to hydrolysis) is 1. The smallest absolute Gasteiger partial charge is 0.407 e. The van der Waals surface area contributed by atoms with Crippen LogP contribution in [-0.2, 0) is 14.4 Å². The largest absolute Gasteiger partial charge is 0.444 e. The zero-order valence-corrected chi connectivity index (χ0v) is 15.3. The van der Waals surface area contributed by atoms with Crippen molar-refractivity contribution in [2.75, 3.05) is 6.61 Å². The predicted octanol–water partition coefficient (Wildman–Crippen LogP) is 3.33. The van der Waals surface area contributed by atoms with Crippen LogP contribution < -0.4 is 5.32 Å². The molecular formula is C19H25FN2O4. The second-order valence-electron chi connectivity index (χ2n) is 7.86. The molecule has 1 saturated carbocycles. The van der Waals surface area contributed by atoms with Gasteiger partial charge < -0.3 is 10.1 Å². The minimum atomic E-state index is -0.547. The van der Waals surface area contributed by atoms with Gasteiger partial charge in [0.1, 0.15) is 11.4 Å². The number of amides is 2. The minimum absolute atomic E-state index is 0.0642. The molecule has 1 heterocycles. The van der Waals surface area contributed by atoms with Gasteiger partial charge in [0, 0.05) is 18.4 Å². The molecule has 142 valence electrons. The topological polar surface area (TPSA) is 67.9 Å². The fourth-order valence-corrected chi connectivity index (χ4v) is 3.27. The summed E-state index contributed by atoms with van der Waals surface area (Å²) < 4.78 is 18.3. The maximum atomic E-state index is 13.1. The summed E-state index contributed by atoms with van der Waals surface area (Å²) in [6.45, 7) is 5.88. The van der Waals surface area contributed by atoms with Crippen molar-refractivity contribution in [1.29, 1.82) is 0 Å². The molecule has 7 heteroatoms. The van der Waals surface area contributed by atoms with Crippen molar-refractivity contribution >= 4 is 12.0 Å². The van der Waals surface area contributed by atoms with Crippen LogP contribution in [0.25, 0.3) is 0 Å². The molecule has 0 bridgehead atoms. The number of ether oxygens (including phenoxy) is 1. The predicted molar refractivity (Wildman–Crippen MR) is 92.4 cm³/mol. The van der Waals surface area contributed by atoms with Crippen molar-refractivity contribution in [1.82, 2.24) is 10.4 Å². The Hall–Kier alpha value is -2.15. The number of nitrogens with one attached hydrogen (secondary N) is 1. The highest BCUT2D eigenvalue weighted by atomic mass is 19.1. The summed E-state index contributed by atoms with van der Waals surface area (Å²) in [4.78, 5) is 30.0. The monoisotopic (exact) mass is 364 g/mol. The molecule has 6 nitrogen and oxygen atoms in total. The van der Waals surface area contributed by atoms with Crippen LogP contribution in [0.3, 0.4) is 0 Å². The lowest BCUT2D eigenvalue weighted by Crippen LogP contribution is -2.50. The summed E-state index contributed by atoms with van der Waals surface area (Å²) in [5.41, 5.74) is 0.314. The normalized spacial score (nSPS) is 25.5. The Morgan fingerprint density at radius 3 is 2.50 bits per heavy atom. The summed E-state index contributed by atoms with van der Waals surface area (Å²) in [6.07, 6.45) is 1.35. The van der Waals surface area contributed by atoms with Gasteiger partial charge in [-0.1, -0.05) is 12.1 Å². The number of rotatable bonds is 3. The Morgan fingerprint density at radius 1 is 1.23 bits per heavy atom. The number of hydrogen-bond acceptors (Lipinski definition) is 4. The fourth-order valence-electron chi connectivity index (χ4n) is 3.27. The lowest BCUT2D eigenvalue weighted by Gasteiger charge is -2.37. The van der Waals surface area contributed by atoms with Crippen molar-refractivity contribution in [3.63, 3.8) is 0 Å². The lowest BCUT2D eigenvalue weighted by molar-refractivity contribution is -0.185. The van der Waals surface area contributed by atoms with Crippen molar-refractivity contribution in [2.24, 2.45) is 5.92 Å². The van der Waals surface area contributed by atoms with Gasteiger partial charge in [0.15, 0.2) is 0 Å². The summed E-state index contributed by atoms with van der Waals surface area (Å²) in [5.74, 6) is -0.573. The van der Waals surface area contributed by atoms with Gasteiger partial charge in [-0.3, -0.25) is 9.63 Å². The highest BCUT2D eigenvalue weighted by Gasteiger charge is 2.42. The van der Waals surface area contributed by atoms with E-state index in [0.29, 0.717) is 25.9 Å². The fraction of sp³-hybridized carbons (Fsp3) is 0.579. The van der Waals surface area contributed by atoms with Crippen LogP contribution in [0.4, 0.5) is 9.18 Å². The van der Waals surface area contributed by atoms with Crippen LogP contribution in [0, 0.1) is 11.7 Å². The van der Waals surface area contributed by atoms with Gasteiger partial charge in [-0.25, -0.2) is 14.2 Å². The minimum Gasteiger partial charge on any atom is -0.444 e. The highest BCUT2D eigenvalue weighted by molar-refractivity contribution is 5.80. The molecule has 1 atom stereocenters. The number of halogens is 1. The van der Waals surface area contributed by atoms with Crippen LogP contribution in [0.15, 0.2) is 24.3 Å². The molecule has 1 saturated heterocycles. The molecular weight excluding hydrogens is 339 g/mol. The van der Waals surface area contributed by atoms with Crippen LogP contribution in [0.1, 0.15) is 51.6 Å². The molecule has 0 spiro atoms. The molecule has 0 radical (unpaired) electrons. The van der Waals surface area contributed by atoms with Gasteiger partial charge in [-0.2, -0.15) is 0 Å². The third-order valence-electron chi connectivity index (χ3n) is 4.58. The molecule has 1 aliphatic carbocycles. The maximum absolute atomic E-state index is 13.1. The van der Waals surface area contributed by atoms with E-state index in [1.54, 1.807) is 32.9 Å². The van der Waals surface area contributed by atoms with E-state index in [2.05, 4.69) is 5.32 Å². The van der Waals surface area contributed by atoms with E-state index in [-0.39, 0.29) is 29.7 Å². The van der Waals surface area contributed by atoms with E-state index in [4.69, 9.17) is 9.57 Å². The second-order valence-corrected chi connectivity index (χ2v) is 7.86. The first kappa shape index (κ1) is 18.6. The summed E-state index contributed by atoms with van der Waals surface area (Å²) in [7, 11) is 0. The average Bonchev–Trinajstić information content (AvgIpc) is 2.98. The summed E-state index contributed by atoms with van der Waals surface area (Å²) >= 11 is 0. The number of benzene rings is 1. The standard InChI is InChI=1S/C19H25FN2O4/c1-19(2,3)26-18(24)21-15-10-13(11-15)17(23)22-16(8-9-25-22)12-4-6-14(20)7-5-12/h4-7,13,15-16H,8-11H2,1-3H3,(H,21,24)/t13-,15+,16-/m0/s1. The molecule has 1 aromatic carbocycles. The molecule has 1 aromatic rings. The molecule has 2 amide bonds. The Bertz CT molecular complexity index is 665. The molecule has 1 N–H and O–H groups in total. The van der Waals surface area contributed by atoms with Gasteiger partial charge >= 0.3 is 6.09 Å². The van der Waals surface area contributed by atoms with Gasteiger partial charge in [-0.15, -0.1) is 0 Å². The van der Waals surface area contributed by atoms with Crippen LogP contribution in [0.2, 0.25) is 0 Å². The van der Waals surface area contributed by atoms with Crippen molar-refractivity contribution in [3.8, 4) is 0 Å². The second kappa shape index (κ2) is 7.23. The van der Waals surface area contributed by atoms with E-state index >= 15 is 0 Å². The van der Waals surface area contributed by atoms with Crippen LogP contribution in [0.5, 0.6) is 0 Å². The molecule has 0 unspecified atom stereocenters. The summed E-state index contributed by atoms with van der Waals surface area (Å²) in [5, 5.41) is 4.20. The average molecular weight is 364 g/mol. The Balaban J connectivity index is 1.52. The Labute approximate surface area is 152 Å². The molecule has 0 aromatic heterocycles. The SMILES string of the molecule is CC(C)(C)OC(=O)N[C@H]1C[C@@H](C(=O)N2OCC[C@H]2c2ccc(F)cc2)C1. The van der Waals surface area contributed by atoms with Gasteiger partial charge in [0.05, 0.1) is 12.6 Å². The van der Waals surface area contributed by atoms with E-state index in [1.807, 2.05) is 0 Å². The first-order valence-corrected chi connectivity index (χ1v) is 8.94. The molecule has 1 aliphatic heterocycles. The van der Waals surface area contributed by atoms with Gasteiger partial charge in [-0.05, 0) is 51.3 Å². The number of hydrogen-bond donors (Lipinski definition) is 1. The number of nitrogens with zero attached hydrogens (tertiary/aromatic N) is 1. The van der Waals surface area contributed by atoms with Crippen molar-refractivity contribution in [2.45, 2.75) is 57.7 Å². The number of carbonyl (C=O) groups excluding carboxylic acids is 2. The molecule has 2 fully saturated rings. The molecule has 26 heavy (non-hydrogen) atoms. The van der Waals surface area contributed by atoms with Crippen LogP contribution in [-0.4, -0.2) is 35.3 Å². The maximum Gasteiger partial charge on any atom is 0.407 e. The number of carbonyl (C=O) groups is 2. The first-order chi connectivity index (χ1) is 12.2. The molecule has 2 aliphatic rings. The van der Waals surface area contributed by atoms with E-state index in [1.165, 1.54) is 17.2 Å². The van der Waals surface area contributed by atoms with Gasteiger partial charge in [0.25, 0.3) is 0 Å². The van der Waals surface area contributed by atoms with Crippen molar-refractivity contribution in [3.05, 3.63) is 35.6 Å². The van der Waals surface area contributed by atoms with Crippen molar-refractivity contribution < 1.29 is 23.6 Å². The third kappa shape index (κ3) is 4.33. The molecule has 3 rings (SSSR count). The Morgan fingerprint density at radius 2 is 1.88 bits per heavy atom. The van der Waals surface area contributed by atoms with Gasteiger partial charge in [0.2, 0.25) is 5.91 Å². The first-order valence-electron chi connectivity index (χ1n) is 8.94. The lowest BCUT2D eigenvalue weighted by atomic mass is 9.79. The van der Waals surface area contributed by atoms with E-state index < -0.39 is 11.7 Å². The van der Waals surface area contributed by atoms with E-state index in [9.17, 15) is 14.0 Å². The van der Waals surface area contributed by atoms with Crippen LogP contribution >= 0.6 is 0 Å². The summed E-state index contributed by atoms with van der Waals surface area (Å²) in [6, 6.07) is 5.89. The number of hydroxylamine groups is 2. The zero-order chi connectivity index (χ0) is 18.9.